The van der Waals surface area contributed by atoms with Crippen LogP contribution >= 0.6 is 0 Å². The largest absolute Gasteiger partial charge is 0.0622 e. The number of hydrogen-bond acceptors (Lipinski definition) is 0. The molecule has 0 radical (unpaired) electrons. The van der Waals surface area contributed by atoms with Crippen LogP contribution in [-0.4, -0.2) is 0 Å². The molecule has 10 aromatic carbocycles. The van der Waals surface area contributed by atoms with Gasteiger partial charge in [0.2, 0.25) is 0 Å². The average molecular weight is 659 g/mol. The maximum atomic E-state index is 2.43. The van der Waals surface area contributed by atoms with Gasteiger partial charge in [0.15, 0.2) is 0 Å². The topological polar surface area (TPSA) is 0 Å². The minimum atomic E-state index is 1.22. The Morgan fingerprint density at radius 1 is 0.173 bits per heavy atom. The molecular weight excluding hydrogens is 625 g/mol. The van der Waals surface area contributed by atoms with Crippen molar-refractivity contribution in [3.05, 3.63) is 206 Å². The van der Waals surface area contributed by atoms with Gasteiger partial charge in [-0.05, 0) is 129 Å². The molecule has 0 aromatic heterocycles. The van der Waals surface area contributed by atoms with Gasteiger partial charge >= 0.3 is 0 Å². The van der Waals surface area contributed by atoms with E-state index in [-0.39, 0.29) is 0 Å². The van der Waals surface area contributed by atoms with Crippen molar-refractivity contribution in [2.75, 3.05) is 0 Å². The van der Waals surface area contributed by atoms with E-state index < -0.39 is 0 Å². The molecule has 52 heavy (non-hydrogen) atoms. The van der Waals surface area contributed by atoms with Crippen LogP contribution in [0.4, 0.5) is 0 Å². The van der Waals surface area contributed by atoms with Gasteiger partial charge < -0.3 is 0 Å². The summed E-state index contributed by atoms with van der Waals surface area (Å²) in [5.74, 6) is 0. The van der Waals surface area contributed by atoms with E-state index in [1.165, 1.54) is 98.7 Å². The summed E-state index contributed by atoms with van der Waals surface area (Å²) >= 11 is 0. The maximum Gasteiger partial charge on any atom is -0.00926 e. The van der Waals surface area contributed by atoms with E-state index >= 15 is 0 Å². The fraction of sp³-hybridized carbons (Fsp3) is 0. The second-order valence-electron chi connectivity index (χ2n) is 13.7. The van der Waals surface area contributed by atoms with Gasteiger partial charge in [0.05, 0.1) is 0 Å². The van der Waals surface area contributed by atoms with E-state index in [9.17, 15) is 0 Å². The number of hydrogen-bond donors (Lipinski definition) is 0. The molecule has 0 saturated heterocycles. The lowest BCUT2D eigenvalue weighted by molar-refractivity contribution is 1.60. The highest BCUT2D eigenvalue weighted by atomic mass is 14.2. The maximum absolute atomic E-state index is 2.43. The molecule has 0 saturated carbocycles. The predicted molar refractivity (Wildman–Crippen MR) is 224 cm³/mol. The molecule has 0 spiro atoms. The average Bonchev–Trinajstić information content (AvgIpc) is 3.23. The van der Waals surface area contributed by atoms with E-state index in [2.05, 4.69) is 206 Å². The number of rotatable bonds is 5. The highest BCUT2D eigenvalue weighted by Gasteiger charge is 2.16. The Morgan fingerprint density at radius 3 is 1.40 bits per heavy atom. The Balaban J connectivity index is 1.20. The van der Waals surface area contributed by atoms with Crippen LogP contribution in [-0.2, 0) is 0 Å². The third-order valence-corrected chi connectivity index (χ3v) is 10.6. The minimum Gasteiger partial charge on any atom is -0.0622 e. The first-order chi connectivity index (χ1) is 25.8. The highest BCUT2D eigenvalue weighted by molar-refractivity contribution is 6.18. The number of benzene rings is 10. The molecule has 0 aliphatic carbocycles. The Bertz CT molecular complexity index is 2910. The second-order valence-corrected chi connectivity index (χ2v) is 13.7. The van der Waals surface area contributed by atoms with Crippen LogP contribution in [0.25, 0.3) is 98.7 Å². The third kappa shape index (κ3) is 5.25. The molecule has 10 aromatic rings. The van der Waals surface area contributed by atoms with Crippen molar-refractivity contribution in [1.82, 2.24) is 0 Å². The van der Waals surface area contributed by atoms with Gasteiger partial charge in [-0.3, -0.25) is 0 Å². The lowest BCUT2D eigenvalue weighted by atomic mass is 9.86. The zero-order chi connectivity index (χ0) is 34.4. The predicted octanol–water partition coefficient (Wildman–Crippen LogP) is 14.6. The van der Waals surface area contributed by atoms with Crippen molar-refractivity contribution in [3.63, 3.8) is 0 Å². The van der Waals surface area contributed by atoms with Crippen molar-refractivity contribution >= 4 is 43.1 Å². The van der Waals surface area contributed by atoms with Crippen molar-refractivity contribution < 1.29 is 0 Å². The molecule has 0 aliphatic rings. The van der Waals surface area contributed by atoms with Crippen LogP contribution < -0.4 is 0 Å². The monoisotopic (exact) mass is 658 g/mol. The highest BCUT2D eigenvalue weighted by Crippen LogP contribution is 2.43. The first-order valence-corrected chi connectivity index (χ1v) is 18.0. The smallest absolute Gasteiger partial charge is 0.00926 e. The normalized spacial score (nSPS) is 11.5. The van der Waals surface area contributed by atoms with E-state index in [1.807, 2.05) is 0 Å². The van der Waals surface area contributed by atoms with Crippen LogP contribution in [0.1, 0.15) is 0 Å². The summed E-state index contributed by atoms with van der Waals surface area (Å²) in [6.45, 7) is 0. The zero-order valence-corrected chi connectivity index (χ0v) is 28.6. The van der Waals surface area contributed by atoms with Crippen LogP contribution in [0.2, 0.25) is 0 Å². The van der Waals surface area contributed by atoms with Gasteiger partial charge in [-0.15, -0.1) is 0 Å². The molecule has 0 aliphatic heterocycles. The molecule has 0 amide bonds. The number of fused-ring (bicyclic) bond motifs is 5. The first-order valence-electron chi connectivity index (χ1n) is 18.0. The summed E-state index contributed by atoms with van der Waals surface area (Å²) in [6, 6.07) is 75.7. The minimum absolute atomic E-state index is 1.22. The Hall–Kier alpha value is -6.76. The van der Waals surface area contributed by atoms with Crippen LogP contribution in [0.3, 0.4) is 0 Å². The fourth-order valence-corrected chi connectivity index (χ4v) is 8.01. The molecule has 0 heterocycles. The molecule has 0 bridgehead atoms. The lowest BCUT2D eigenvalue weighted by Crippen LogP contribution is -1.90. The summed E-state index contributed by atoms with van der Waals surface area (Å²) in [5, 5.41) is 10.0. The lowest BCUT2D eigenvalue weighted by Gasteiger charge is -2.17. The summed E-state index contributed by atoms with van der Waals surface area (Å²) in [7, 11) is 0. The molecule has 242 valence electrons. The molecule has 0 fully saturated rings. The van der Waals surface area contributed by atoms with E-state index in [4.69, 9.17) is 0 Å². The summed E-state index contributed by atoms with van der Waals surface area (Å²) in [5.41, 5.74) is 12.3. The molecule has 0 nitrogen and oxygen atoms in total. The van der Waals surface area contributed by atoms with Crippen LogP contribution in [0, 0.1) is 0 Å². The summed E-state index contributed by atoms with van der Waals surface area (Å²) in [4.78, 5) is 0. The summed E-state index contributed by atoms with van der Waals surface area (Å²) in [6.07, 6.45) is 0. The SMILES string of the molecule is c1ccc(-c2ccc(-c3ccc4c(c3)cc(-c3cccc5ccccc35)c3cc(-c5cc6ccccc6cc5-c5ccccc5)ccc34)cc2)cc1. The van der Waals surface area contributed by atoms with Gasteiger partial charge in [0.1, 0.15) is 0 Å². The van der Waals surface area contributed by atoms with Crippen molar-refractivity contribution in [2.45, 2.75) is 0 Å². The van der Waals surface area contributed by atoms with E-state index in [0.29, 0.717) is 0 Å². The summed E-state index contributed by atoms with van der Waals surface area (Å²) < 4.78 is 0. The van der Waals surface area contributed by atoms with Crippen molar-refractivity contribution in [2.24, 2.45) is 0 Å². The fourth-order valence-electron chi connectivity index (χ4n) is 8.01. The van der Waals surface area contributed by atoms with Crippen LogP contribution in [0.15, 0.2) is 206 Å². The third-order valence-electron chi connectivity index (χ3n) is 10.6. The van der Waals surface area contributed by atoms with Crippen molar-refractivity contribution in [1.29, 1.82) is 0 Å². The van der Waals surface area contributed by atoms with E-state index in [0.717, 1.165) is 0 Å². The van der Waals surface area contributed by atoms with Crippen molar-refractivity contribution in [3.8, 4) is 55.6 Å². The molecule has 10 rings (SSSR count). The van der Waals surface area contributed by atoms with Gasteiger partial charge in [-0.25, -0.2) is 0 Å². The Morgan fingerprint density at radius 2 is 0.673 bits per heavy atom. The Labute approximate surface area is 303 Å². The second kappa shape index (κ2) is 12.5. The standard InChI is InChI=1S/C52H34/c1-3-12-35(13-4-1)36-22-24-37(25-23-36)42-26-28-46-44(30-42)34-52(47-21-11-19-38-16-9-10-20-45(38)47)51-33-43(27-29-48(46)51)50-32-41-18-8-7-17-40(41)31-49(50)39-14-5-2-6-15-39/h1-34H. The molecular formula is C52H34. The molecule has 0 heteroatoms. The molecule has 0 unspecified atom stereocenters. The molecule has 0 N–H and O–H groups in total. The van der Waals surface area contributed by atoms with Gasteiger partial charge in [0.25, 0.3) is 0 Å². The van der Waals surface area contributed by atoms with Gasteiger partial charge in [-0.1, -0.05) is 176 Å². The molecule has 0 atom stereocenters. The van der Waals surface area contributed by atoms with Crippen LogP contribution in [0.5, 0.6) is 0 Å². The van der Waals surface area contributed by atoms with Gasteiger partial charge in [-0.2, -0.15) is 0 Å². The van der Waals surface area contributed by atoms with Gasteiger partial charge in [0, 0.05) is 0 Å². The Kier molecular flexibility index (Phi) is 7.25. The van der Waals surface area contributed by atoms with E-state index in [1.54, 1.807) is 0 Å². The quantitative estimate of drug-likeness (QED) is 0.161. The zero-order valence-electron chi connectivity index (χ0n) is 28.6. The first kappa shape index (κ1) is 30.1.